The van der Waals surface area contributed by atoms with Gasteiger partial charge in [-0.1, -0.05) is 35.9 Å². The van der Waals surface area contributed by atoms with Crippen molar-refractivity contribution in [2.45, 2.75) is 6.92 Å². The van der Waals surface area contributed by atoms with Crippen molar-refractivity contribution in [3.63, 3.8) is 0 Å². The van der Waals surface area contributed by atoms with E-state index in [1.165, 1.54) is 6.21 Å². The number of carbonyl (C=O) groups excluding carboxylic acids is 1. The number of halogens is 1. The highest BCUT2D eigenvalue weighted by atomic mass is 35.5. The van der Waals surface area contributed by atoms with Gasteiger partial charge in [-0.05, 0) is 36.8 Å². The third-order valence-electron chi connectivity index (χ3n) is 2.78. The molecule has 0 spiro atoms. The molecular weight excluding hydrogens is 316 g/mol. The average molecular weight is 333 g/mol. The molecule has 0 aliphatic rings. The summed E-state index contributed by atoms with van der Waals surface area (Å²) < 4.78 is 10.9. The molecule has 0 saturated heterocycles. The predicted molar refractivity (Wildman–Crippen MR) is 90.3 cm³/mol. The summed E-state index contributed by atoms with van der Waals surface area (Å²) in [5, 5.41) is 4.51. The topological polar surface area (TPSA) is 59.9 Å². The summed E-state index contributed by atoms with van der Waals surface area (Å²) in [6, 6.07) is 14.3. The molecule has 2 aromatic carbocycles. The largest absolute Gasteiger partial charge is 0.490 e. The standard InChI is InChI=1S/C17H17ClN2O3/c1-2-22-15-5-3-4-6-16(15)23-12-17(21)20-19-11-13-7-9-14(18)10-8-13/h3-11H,2,12H2,1H3,(H,20,21)/b19-11+. The Labute approximate surface area is 139 Å². The van der Waals surface area contributed by atoms with E-state index in [-0.39, 0.29) is 12.5 Å². The molecule has 0 saturated carbocycles. The fourth-order valence-electron chi connectivity index (χ4n) is 1.75. The monoisotopic (exact) mass is 332 g/mol. The normalized spacial score (nSPS) is 10.5. The number of ether oxygens (including phenoxy) is 2. The molecule has 120 valence electrons. The summed E-state index contributed by atoms with van der Waals surface area (Å²) in [5.41, 5.74) is 3.23. The van der Waals surface area contributed by atoms with E-state index in [1.807, 2.05) is 19.1 Å². The predicted octanol–water partition coefficient (Wildman–Crippen LogP) is 3.27. The van der Waals surface area contributed by atoms with Crippen LogP contribution in [0, 0.1) is 0 Å². The van der Waals surface area contributed by atoms with Gasteiger partial charge in [-0.2, -0.15) is 5.10 Å². The number of para-hydroxylation sites is 2. The Morgan fingerprint density at radius 1 is 1.13 bits per heavy atom. The van der Waals surface area contributed by atoms with Crippen LogP contribution in [-0.4, -0.2) is 25.3 Å². The van der Waals surface area contributed by atoms with Crippen molar-refractivity contribution >= 4 is 23.7 Å². The van der Waals surface area contributed by atoms with Crippen LogP contribution in [0.15, 0.2) is 53.6 Å². The summed E-state index contributed by atoms with van der Waals surface area (Å²) in [6.45, 7) is 2.26. The molecule has 0 aliphatic carbocycles. The van der Waals surface area contributed by atoms with Gasteiger partial charge in [0.1, 0.15) is 0 Å². The van der Waals surface area contributed by atoms with E-state index in [1.54, 1.807) is 36.4 Å². The SMILES string of the molecule is CCOc1ccccc1OCC(=O)N/N=C/c1ccc(Cl)cc1. The van der Waals surface area contributed by atoms with Gasteiger partial charge < -0.3 is 9.47 Å². The van der Waals surface area contributed by atoms with Crippen molar-refractivity contribution in [2.24, 2.45) is 5.10 Å². The summed E-state index contributed by atoms with van der Waals surface area (Å²) in [7, 11) is 0. The Bertz CT molecular complexity index is 672. The molecule has 1 amide bonds. The van der Waals surface area contributed by atoms with E-state index in [2.05, 4.69) is 10.5 Å². The lowest BCUT2D eigenvalue weighted by molar-refractivity contribution is -0.123. The van der Waals surface area contributed by atoms with E-state index in [4.69, 9.17) is 21.1 Å². The molecule has 6 heteroatoms. The number of hydrazone groups is 1. The van der Waals surface area contributed by atoms with Crippen molar-refractivity contribution in [3.05, 3.63) is 59.1 Å². The molecule has 5 nitrogen and oxygen atoms in total. The molecule has 0 bridgehead atoms. The van der Waals surface area contributed by atoms with Crippen LogP contribution in [0.1, 0.15) is 12.5 Å². The number of hydrogen-bond acceptors (Lipinski definition) is 4. The molecule has 0 aromatic heterocycles. The Morgan fingerprint density at radius 2 is 1.78 bits per heavy atom. The van der Waals surface area contributed by atoms with Crippen LogP contribution in [0.3, 0.4) is 0 Å². The lowest BCUT2D eigenvalue weighted by Crippen LogP contribution is -2.24. The summed E-state index contributed by atoms with van der Waals surface area (Å²) >= 11 is 5.79. The molecule has 1 N–H and O–H groups in total. The molecule has 0 aliphatic heterocycles. The van der Waals surface area contributed by atoms with Gasteiger partial charge in [0.2, 0.25) is 0 Å². The highest BCUT2D eigenvalue weighted by Gasteiger charge is 2.06. The van der Waals surface area contributed by atoms with Gasteiger partial charge in [0.05, 0.1) is 12.8 Å². The lowest BCUT2D eigenvalue weighted by atomic mass is 10.2. The van der Waals surface area contributed by atoms with Gasteiger partial charge in [0.15, 0.2) is 18.1 Å². The van der Waals surface area contributed by atoms with Crippen LogP contribution < -0.4 is 14.9 Å². The second kappa shape index (κ2) is 8.80. The van der Waals surface area contributed by atoms with E-state index in [0.29, 0.717) is 23.1 Å². The summed E-state index contributed by atoms with van der Waals surface area (Å²) in [5.74, 6) is 0.764. The third-order valence-corrected chi connectivity index (χ3v) is 3.03. The Hall–Kier alpha value is -2.53. The summed E-state index contributed by atoms with van der Waals surface area (Å²) in [6.07, 6.45) is 1.53. The van der Waals surface area contributed by atoms with Gasteiger partial charge in [-0.15, -0.1) is 0 Å². The van der Waals surface area contributed by atoms with Crippen LogP contribution in [0.2, 0.25) is 5.02 Å². The molecule has 2 rings (SSSR count). The first-order valence-electron chi connectivity index (χ1n) is 7.11. The van der Waals surface area contributed by atoms with Crippen LogP contribution in [0.5, 0.6) is 11.5 Å². The van der Waals surface area contributed by atoms with E-state index in [0.717, 1.165) is 5.56 Å². The Morgan fingerprint density at radius 3 is 2.43 bits per heavy atom. The van der Waals surface area contributed by atoms with Crippen LogP contribution in [0.4, 0.5) is 0 Å². The second-order valence-corrected chi connectivity index (χ2v) is 4.95. The fraction of sp³-hybridized carbons (Fsp3) is 0.176. The van der Waals surface area contributed by atoms with Crippen LogP contribution in [0.25, 0.3) is 0 Å². The van der Waals surface area contributed by atoms with Crippen molar-refractivity contribution in [1.29, 1.82) is 0 Å². The molecule has 2 aromatic rings. The smallest absolute Gasteiger partial charge is 0.277 e. The highest BCUT2D eigenvalue weighted by molar-refractivity contribution is 6.30. The Balaban J connectivity index is 1.82. The Kier molecular flexibility index (Phi) is 6.44. The first-order valence-corrected chi connectivity index (χ1v) is 7.49. The number of rotatable bonds is 7. The molecule has 0 heterocycles. The van der Waals surface area contributed by atoms with Gasteiger partial charge in [-0.25, -0.2) is 5.43 Å². The van der Waals surface area contributed by atoms with Crippen LogP contribution >= 0.6 is 11.6 Å². The number of nitrogens with one attached hydrogen (secondary N) is 1. The maximum atomic E-state index is 11.7. The van der Waals surface area contributed by atoms with E-state index >= 15 is 0 Å². The number of hydrogen-bond donors (Lipinski definition) is 1. The van der Waals surface area contributed by atoms with Gasteiger partial charge in [0.25, 0.3) is 5.91 Å². The number of nitrogens with zero attached hydrogens (tertiary/aromatic N) is 1. The van der Waals surface area contributed by atoms with Gasteiger partial charge in [0, 0.05) is 5.02 Å². The first kappa shape index (κ1) is 16.8. The number of benzene rings is 2. The zero-order valence-electron chi connectivity index (χ0n) is 12.7. The number of amides is 1. The van der Waals surface area contributed by atoms with Gasteiger partial charge in [-0.3, -0.25) is 4.79 Å². The zero-order chi connectivity index (χ0) is 16.5. The van der Waals surface area contributed by atoms with E-state index < -0.39 is 0 Å². The zero-order valence-corrected chi connectivity index (χ0v) is 13.4. The molecule has 23 heavy (non-hydrogen) atoms. The maximum absolute atomic E-state index is 11.7. The molecule has 0 radical (unpaired) electrons. The third kappa shape index (κ3) is 5.64. The van der Waals surface area contributed by atoms with Crippen molar-refractivity contribution in [2.75, 3.05) is 13.2 Å². The molecule has 0 fully saturated rings. The maximum Gasteiger partial charge on any atom is 0.277 e. The van der Waals surface area contributed by atoms with Gasteiger partial charge >= 0.3 is 0 Å². The highest BCUT2D eigenvalue weighted by Crippen LogP contribution is 2.26. The summed E-state index contributed by atoms with van der Waals surface area (Å²) in [4.78, 5) is 11.7. The van der Waals surface area contributed by atoms with Crippen LogP contribution in [-0.2, 0) is 4.79 Å². The van der Waals surface area contributed by atoms with E-state index in [9.17, 15) is 4.79 Å². The molecule has 0 unspecified atom stereocenters. The van der Waals surface area contributed by atoms with Crippen molar-refractivity contribution in [3.8, 4) is 11.5 Å². The fourth-order valence-corrected chi connectivity index (χ4v) is 1.87. The van der Waals surface area contributed by atoms with Crippen molar-refractivity contribution in [1.82, 2.24) is 5.43 Å². The minimum atomic E-state index is -0.360. The minimum absolute atomic E-state index is 0.151. The van der Waals surface area contributed by atoms with Crippen molar-refractivity contribution < 1.29 is 14.3 Å². The molecular formula is C17H17ClN2O3. The first-order chi connectivity index (χ1) is 11.2. The lowest BCUT2D eigenvalue weighted by Gasteiger charge is -2.10. The number of carbonyl (C=O) groups is 1. The average Bonchev–Trinajstić information content (AvgIpc) is 2.56. The minimum Gasteiger partial charge on any atom is -0.490 e. The quantitative estimate of drug-likeness (QED) is 0.625. The second-order valence-electron chi connectivity index (χ2n) is 4.51. The molecule has 0 atom stereocenters.